The zero-order valence-electron chi connectivity index (χ0n) is 14.3. The van der Waals surface area contributed by atoms with Gasteiger partial charge in [0.25, 0.3) is 5.56 Å². The van der Waals surface area contributed by atoms with Gasteiger partial charge in [0.05, 0.1) is 0 Å². The Morgan fingerprint density at radius 1 is 1.14 bits per heavy atom. The van der Waals surface area contributed by atoms with E-state index in [-0.39, 0.29) is 29.1 Å². The molecular weight excluding hydrogens is 444 g/mol. The third kappa shape index (κ3) is 3.86. The van der Waals surface area contributed by atoms with Crippen LogP contribution in [0.2, 0.25) is 5.02 Å². The predicted molar refractivity (Wildman–Crippen MR) is 110 cm³/mol. The molecule has 0 aliphatic carbocycles. The summed E-state index contributed by atoms with van der Waals surface area (Å²) in [7, 11) is 0. The second kappa shape index (κ2) is 8.18. The number of ether oxygens (including phenoxy) is 1. The number of anilines is 1. The minimum absolute atomic E-state index is 0.00172. The lowest BCUT2D eigenvalue weighted by molar-refractivity contribution is 0.307. The fourth-order valence-corrected chi connectivity index (χ4v) is 3.30. The monoisotopic (exact) mass is 454 g/mol. The number of rotatable bonds is 4. The number of nitrogens with one attached hydrogen (secondary N) is 1. The number of nitrogens with two attached hydrogens (primary N) is 1. The number of benzene rings is 2. The van der Waals surface area contributed by atoms with Gasteiger partial charge in [-0.25, -0.2) is 0 Å². The molecule has 0 atom stereocenters. The van der Waals surface area contributed by atoms with Crippen molar-refractivity contribution in [3.05, 3.63) is 79.0 Å². The standard InChI is InChI=1S/C20H12BrClN4O2/c21-12-4-5-17(28-10-11-2-1-3-13(22)6-11)14(7-12)18-15(8-23)19(25)26-20(27)16(18)9-24/h1-7H,10H2,(H3,25,26,27). The molecule has 1 aromatic heterocycles. The van der Waals surface area contributed by atoms with Crippen molar-refractivity contribution >= 4 is 33.3 Å². The summed E-state index contributed by atoms with van der Waals surface area (Å²) in [6.45, 7) is 0.206. The van der Waals surface area contributed by atoms with Crippen molar-refractivity contribution in [1.29, 1.82) is 10.5 Å². The van der Waals surface area contributed by atoms with E-state index in [0.29, 0.717) is 20.8 Å². The van der Waals surface area contributed by atoms with E-state index in [4.69, 9.17) is 22.1 Å². The summed E-state index contributed by atoms with van der Waals surface area (Å²) in [5.74, 6) is 0.281. The number of hydrogen-bond acceptors (Lipinski definition) is 5. The van der Waals surface area contributed by atoms with Crippen molar-refractivity contribution in [3.8, 4) is 29.0 Å². The van der Waals surface area contributed by atoms with E-state index >= 15 is 0 Å². The van der Waals surface area contributed by atoms with Crippen LogP contribution in [0.3, 0.4) is 0 Å². The summed E-state index contributed by atoms with van der Waals surface area (Å²) in [5, 5.41) is 19.6. The van der Waals surface area contributed by atoms with E-state index < -0.39 is 5.56 Å². The molecule has 0 fully saturated rings. The first-order chi connectivity index (χ1) is 13.4. The first-order valence-corrected chi connectivity index (χ1v) is 9.14. The van der Waals surface area contributed by atoms with Gasteiger partial charge in [0.15, 0.2) is 0 Å². The average Bonchev–Trinajstić information content (AvgIpc) is 2.66. The molecular formula is C20H12BrClN4O2. The Balaban J connectivity index is 2.16. The summed E-state index contributed by atoms with van der Waals surface area (Å²) >= 11 is 9.38. The number of pyridine rings is 1. The van der Waals surface area contributed by atoms with Gasteiger partial charge >= 0.3 is 0 Å². The zero-order valence-corrected chi connectivity index (χ0v) is 16.6. The van der Waals surface area contributed by atoms with Crippen LogP contribution >= 0.6 is 27.5 Å². The van der Waals surface area contributed by atoms with Crippen LogP contribution in [0.4, 0.5) is 5.82 Å². The van der Waals surface area contributed by atoms with Gasteiger partial charge in [-0.15, -0.1) is 0 Å². The maximum Gasteiger partial charge on any atom is 0.268 e. The molecule has 6 nitrogen and oxygen atoms in total. The van der Waals surface area contributed by atoms with Gasteiger partial charge in [-0.1, -0.05) is 39.7 Å². The lowest BCUT2D eigenvalue weighted by Crippen LogP contribution is -2.16. The Kier molecular flexibility index (Phi) is 5.70. The average molecular weight is 456 g/mol. The lowest BCUT2D eigenvalue weighted by atomic mass is 9.96. The molecule has 0 saturated carbocycles. The van der Waals surface area contributed by atoms with Crippen LogP contribution in [0, 0.1) is 22.7 Å². The Labute approximate surface area is 173 Å². The van der Waals surface area contributed by atoms with Crippen molar-refractivity contribution in [2.45, 2.75) is 6.61 Å². The quantitative estimate of drug-likeness (QED) is 0.606. The molecule has 0 radical (unpaired) electrons. The first-order valence-electron chi connectivity index (χ1n) is 7.97. The predicted octanol–water partition coefficient (Wildman–Crippen LogP) is 4.36. The molecule has 28 heavy (non-hydrogen) atoms. The Morgan fingerprint density at radius 2 is 1.89 bits per heavy atom. The van der Waals surface area contributed by atoms with E-state index in [2.05, 4.69) is 20.9 Å². The minimum atomic E-state index is -0.672. The molecule has 3 rings (SSSR count). The smallest absolute Gasteiger partial charge is 0.268 e. The van der Waals surface area contributed by atoms with E-state index in [0.717, 1.165) is 5.56 Å². The highest BCUT2D eigenvalue weighted by molar-refractivity contribution is 9.10. The first kappa shape index (κ1) is 19.5. The lowest BCUT2D eigenvalue weighted by Gasteiger charge is -2.15. The Morgan fingerprint density at radius 3 is 2.57 bits per heavy atom. The Bertz CT molecular complexity index is 1210. The van der Waals surface area contributed by atoms with Crippen molar-refractivity contribution in [3.63, 3.8) is 0 Å². The molecule has 2 aromatic carbocycles. The summed E-state index contributed by atoms with van der Waals surface area (Å²) in [6, 6.07) is 16.1. The number of aromatic amines is 1. The van der Waals surface area contributed by atoms with Gasteiger partial charge in [0, 0.05) is 20.6 Å². The van der Waals surface area contributed by atoms with Crippen LogP contribution in [0.1, 0.15) is 16.7 Å². The number of H-pyrrole nitrogens is 1. The van der Waals surface area contributed by atoms with E-state index in [1.165, 1.54) is 0 Å². The van der Waals surface area contributed by atoms with E-state index in [1.807, 2.05) is 24.3 Å². The number of nitrogen functional groups attached to an aromatic ring is 1. The highest BCUT2D eigenvalue weighted by Crippen LogP contribution is 2.37. The van der Waals surface area contributed by atoms with Crippen LogP contribution in [0.15, 0.2) is 51.7 Å². The van der Waals surface area contributed by atoms with Crippen LogP contribution in [-0.2, 0) is 6.61 Å². The highest BCUT2D eigenvalue weighted by Gasteiger charge is 2.21. The third-order valence-electron chi connectivity index (χ3n) is 3.96. The van der Waals surface area contributed by atoms with E-state index in [9.17, 15) is 15.3 Å². The molecule has 0 bridgehead atoms. The van der Waals surface area contributed by atoms with Crippen LogP contribution in [-0.4, -0.2) is 4.98 Å². The molecule has 0 spiro atoms. The molecule has 0 saturated heterocycles. The zero-order chi connectivity index (χ0) is 20.3. The van der Waals surface area contributed by atoms with Crippen LogP contribution in [0.5, 0.6) is 5.75 Å². The van der Waals surface area contributed by atoms with Crippen molar-refractivity contribution < 1.29 is 4.74 Å². The topological polar surface area (TPSA) is 116 Å². The van der Waals surface area contributed by atoms with Crippen molar-refractivity contribution in [1.82, 2.24) is 4.98 Å². The summed E-state index contributed by atoms with van der Waals surface area (Å²) < 4.78 is 6.60. The van der Waals surface area contributed by atoms with E-state index in [1.54, 1.807) is 30.3 Å². The van der Waals surface area contributed by atoms with Gasteiger partial charge in [0.2, 0.25) is 0 Å². The number of hydrogen-bond donors (Lipinski definition) is 2. The molecule has 138 valence electrons. The molecule has 0 unspecified atom stereocenters. The van der Waals surface area contributed by atoms with Gasteiger partial charge in [-0.3, -0.25) is 4.79 Å². The maximum atomic E-state index is 12.2. The van der Waals surface area contributed by atoms with Gasteiger partial charge in [-0.2, -0.15) is 10.5 Å². The molecule has 8 heteroatoms. The van der Waals surface area contributed by atoms with Crippen LogP contribution < -0.4 is 16.0 Å². The summed E-state index contributed by atoms with van der Waals surface area (Å²) in [6.07, 6.45) is 0. The number of nitriles is 2. The van der Waals surface area contributed by atoms with Crippen LogP contribution in [0.25, 0.3) is 11.1 Å². The normalized spacial score (nSPS) is 10.1. The second-order valence-corrected chi connectivity index (χ2v) is 7.13. The Hall–Kier alpha value is -3.26. The number of halogens is 2. The molecule has 0 aliphatic heterocycles. The summed E-state index contributed by atoms with van der Waals surface area (Å²) in [5.41, 5.74) is 6.31. The van der Waals surface area contributed by atoms with Crippen molar-refractivity contribution in [2.75, 3.05) is 5.73 Å². The molecule has 1 heterocycles. The number of aromatic nitrogens is 1. The third-order valence-corrected chi connectivity index (χ3v) is 4.69. The minimum Gasteiger partial charge on any atom is -0.488 e. The fraction of sp³-hybridized carbons (Fsp3) is 0.0500. The SMILES string of the molecule is N#Cc1c(N)[nH]c(=O)c(C#N)c1-c1cc(Br)ccc1OCc1cccc(Cl)c1. The fourth-order valence-electron chi connectivity index (χ4n) is 2.72. The molecule has 0 aliphatic rings. The van der Waals surface area contributed by atoms with Gasteiger partial charge in [0.1, 0.15) is 41.4 Å². The molecule has 0 amide bonds. The highest BCUT2D eigenvalue weighted by atomic mass is 79.9. The molecule has 3 N–H and O–H groups in total. The largest absolute Gasteiger partial charge is 0.488 e. The van der Waals surface area contributed by atoms with Gasteiger partial charge in [-0.05, 0) is 35.9 Å². The molecule has 3 aromatic rings. The maximum absolute atomic E-state index is 12.2. The summed E-state index contributed by atoms with van der Waals surface area (Å²) in [4.78, 5) is 14.5. The second-order valence-electron chi connectivity index (χ2n) is 5.78. The number of nitrogens with zero attached hydrogens (tertiary/aromatic N) is 2. The van der Waals surface area contributed by atoms with Gasteiger partial charge < -0.3 is 15.5 Å². The van der Waals surface area contributed by atoms with Crippen molar-refractivity contribution in [2.24, 2.45) is 0 Å².